The summed E-state index contributed by atoms with van der Waals surface area (Å²) in [5.41, 5.74) is 9.30. The third-order valence-electron chi connectivity index (χ3n) is 4.08. The molecular weight excluding hydrogens is 246 g/mol. The first-order chi connectivity index (χ1) is 9.81. The molecule has 3 rings (SSSR count). The third kappa shape index (κ3) is 3.17. The van der Waals surface area contributed by atoms with Gasteiger partial charge in [-0.25, -0.2) is 0 Å². The first-order valence-electron chi connectivity index (χ1n) is 7.29. The quantitative estimate of drug-likeness (QED) is 0.869. The van der Waals surface area contributed by atoms with E-state index in [-0.39, 0.29) is 0 Å². The molecule has 1 aromatic carbocycles. The molecule has 1 saturated heterocycles. The van der Waals surface area contributed by atoms with E-state index in [1.807, 2.05) is 18.3 Å². The lowest BCUT2D eigenvalue weighted by Gasteiger charge is -2.32. The number of hydrogen-bond acceptors (Lipinski definition) is 3. The van der Waals surface area contributed by atoms with Gasteiger partial charge in [0, 0.05) is 18.4 Å². The van der Waals surface area contributed by atoms with E-state index < -0.39 is 0 Å². The smallest absolute Gasteiger partial charge is 0.0543 e. The monoisotopic (exact) mass is 267 g/mol. The lowest BCUT2D eigenvalue weighted by Crippen LogP contribution is -2.32. The Hall–Kier alpha value is -1.87. The number of piperidine rings is 1. The van der Waals surface area contributed by atoms with E-state index >= 15 is 0 Å². The summed E-state index contributed by atoms with van der Waals surface area (Å²) in [5.74, 6) is 0.651. The maximum Gasteiger partial charge on any atom is 0.0543 e. The number of rotatable bonds is 3. The van der Waals surface area contributed by atoms with Gasteiger partial charge in [0.15, 0.2) is 0 Å². The molecule has 0 amide bonds. The predicted octanol–water partition coefficient (Wildman–Crippen LogP) is 3.04. The van der Waals surface area contributed by atoms with E-state index in [1.165, 1.54) is 18.4 Å². The molecule has 0 aliphatic carbocycles. The molecule has 0 atom stereocenters. The summed E-state index contributed by atoms with van der Waals surface area (Å²) >= 11 is 0. The van der Waals surface area contributed by atoms with Crippen molar-refractivity contribution in [1.82, 2.24) is 9.88 Å². The Morgan fingerprint density at radius 1 is 1.10 bits per heavy atom. The Balaban J connectivity index is 1.57. The second-order valence-corrected chi connectivity index (χ2v) is 5.54. The van der Waals surface area contributed by atoms with Gasteiger partial charge in [-0.05, 0) is 61.7 Å². The fraction of sp³-hybridized carbons (Fsp3) is 0.353. The van der Waals surface area contributed by atoms with Crippen LogP contribution in [0.25, 0.3) is 0 Å². The van der Waals surface area contributed by atoms with Crippen molar-refractivity contribution >= 4 is 5.69 Å². The van der Waals surface area contributed by atoms with Gasteiger partial charge in [0.1, 0.15) is 0 Å². The van der Waals surface area contributed by atoms with E-state index in [1.54, 1.807) is 0 Å². The van der Waals surface area contributed by atoms with Crippen molar-refractivity contribution in [2.24, 2.45) is 0 Å². The normalized spacial score (nSPS) is 17.2. The lowest BCUT2D eigenvalue weighted by atomic mass is 9.89. The minimum Gasteiger partial charge on any atom is -0.399 e. The number of benzene rings is 1. The number of pyridine rings is 1. The molecule has 0 spiro atoms. The Kier molecular flexibility index (Phi) is 3.97. The molecule has 1 fully saturated rings. The van der Waals surface area contributed by atoms with Gasteiger partial charge in [-0.1, -0.05) is 18.2 Å². The van der Waals surface area contributed by atoms with Crippen molar-refractivity contribution in [3.05, 3.63) is 59.9 Å². The predicted molar refractivity (Wildman–Crippen MR) is 82.3 cm³/mol. The number of anilines is 1. The molecule has 2 aromatic rings. The SMILES string of the molecule is Nc1cccc(C2CCN(Cc3ccccn3)CC2)c1. The van der Waals surface area contributed by atoms with Crippen LogP contribution >= 0.6 is 0 Å². The molecule has 0 saturated carbocycles. The van der Waals surface area contributed by atoms with Crippen LogP contribution in [0, 0.1) is 0 Å². The van der Waals surface area contributed by atoms with E-state index in [2.05, 4.69) is 40.2 Å². The fourth-order valence-electron chi connectivity index (χ4n) is 2.96. The average Bonchev–Trinajstić information content (AvgIpc) is 2.49. The number of nitrogens with two attached hydrogens (primary N) is 1. The van der Waals surface area contributed by atoms with Crippen LogP contribution in [-0.4, -0.2) is 23.0 Å². The minimum absolute atomic E-state index is 0.651. The highest BCUT2D eigenvalue weighted by Crippen LogP contribution is 2.29. The second-order valence-electron chi connectivity index (χ2n) is 5.54. The van der Waals surface area contributed by atoms with E-state index in [9.17, 15) is 0 Å². The van der Waals surface area contributed by atoms with Gasteiger partial charge in [0.25, 0.3) is 0 Å². The van der Waals surface area contributed by atoms with E-state index in [4.69, 9.17) is 5.73 Å². The molecule has 0 unspecified atom stereocenters. The summed E-state index contributed by atoms with van der Waals surface area (Å²) in [4.78, 5) is 6.89. The summed E-state index contributed by atoms with van der Waals surface area (Å²) < 4.78 is 0. The van der Waals surface area contributed by atoms with Gasteiger partial charge >= 0.3 is 0 Å². The first kappa shape index (κ1) is 13.1. The lowest BCUT2D eigenvalue weighted by molar-refractivity contribution is 0.202. The van der Waals surface area contributed by atoms with Crippen LogP contribution in [0.1, 0.15) is 30.0 Å². The molecule has 1 aliphatic rings. The second kappa shape index (κ2) is 6.06. The number of nitrogen functional groups attached to an aromatic ring is 1. The van der Waals surface area contributed by atoms with Crippen LogP contribution in [-0.2, 0) is 6.54 Å². The molecule has 0 bridgehead atoms. The molecule has 1 aromatic heterocycles. The van der Waals surface area contributed by atoms with Gasteiger partial charge in [0.05, 0.1) is 5.69 Å². The Morgan fingerprint density at radius 2 is 1.95 bits per heavy atom. The maximum atomic E-state index is 5.88. The van der Waals surface area contributed by atoms with E-state index in [0.717, 1.165) is 31.0 Å². The van der Waals surface area contributed by atoms with Crippen LogP contribution in [0.2, 0.25) is 0 Å². The highest BCUT2D eigenvalue weighted by molar-refractivity contribution is 5.41. The highest BCUT2D eigenvalue weighted by atomic mass is 15.1. The summed E-state index contributed by atoms with van der Waals surface area (Å²) in [6.07, 6.45) is 4.28. The van der Waals surface area contributed by atoms with Crippen molar-refractivity contribution in [3.8, 4) is 0 Å². The standard InChI is InChI=1S/C17H21N3/c18-16-5-3-4-15(12-16)14-7-10-20(11-8-14)13-17-6-1-2-9-19-17/h1-6,9,12,14H,7-8,10-11,13,18H2. The zero-order valence-corrected chi connectivity index (χ0v) is 11.7. The molecule has 3 nitrogen and oxygen atoms in total. The zero-order valence-electron chi connectivity index (χ0n) is 11.7. The highest BCUT2D eigenvalue weighted by Gasteiger charge is 2.20. The van der Waals surface area contributed by atoms with Gasteiger partial charge in [-0.15, -0.1) is 0 Å². The van der Waals surface area contributed by atoms with Crippen LogP contribution in [0.15, 0.2) is 48.7 Å². The van der Waals surface area contributed by atoms with Crippen molar-refractivity contribution in [3.63, 3.8) is 0 Å². The summed E-state index contributed by atoms with van der Waals surface area (Å²) in [5, 5.41) is 0. The molecule has 1 aliphatic heterocycles. The van der Waals surface area contributed by atoms with Gasteiger partial charge < -0.3 is 5.73 Å². The van der Waals surface area contributed by atoms with Crippen LogP contribution in [0.4, 0.5) is 5.69 Å². The maximum absolute atomic E-state index is 5.88. The summed E-state index contributed by atoms with van der Waals surface area (Å²) in [6.45, 7) is 3.23. The Bertz CT molecular complexity index is 545. The summed E-state index contributed by atoms with van der Waals surface area (Å²) in [6, 6.07) is 14.5. The molecule has 0 radical (unpaired) electrons. The molecule has 104 valence electrons. The van der Waals surface area contributed by atoms with Crippen LogP contribution in [0.5, 0.6) is 0 Å². The van der Waals surface area contributed by atoms with Crippen molar-refractivity contribution < 1.29 is 0 Å². The number of aromatic nitrogens is 1. The molecule has 3 heteroatoms. The zero-order chi connectivity index (χ0) is 13.8. The average molecular weight is 267 g/mol. The van der Waals surface area contributed by atoms with Gasteiger partial charge in [-0.2, -0.15) is 0 Å². The Labute approximate surface area is 120 Å². The molecule has 2 N–H and O–H groups in total. The van der Waals surface area contributed by atoms with Gasteiger partial charge in [0.2, 0.25) is 0 Å². The molecular formula is C17H21N3. The van der Waals surface area contributed by atoms with E-state index in [0.29, 0.717) is 5.92 Å². The van der Waals surface area contributed by atoms with Gasteiger partial charge in [-0.3, -0.25) is 9.88 Å². The number of nitrogens with zero attached hydrogens (tertiary/aromatic N) is 2. The van der Waals surface area contributed by atoms with Crippen molar-refractivity contribution in [2.45, 2.75) is 25.3 Å². The van der Waals surface area contributed by atoms with Crippen LogP contribution < -0.4 is 5.73 Å². The Morgan fingerprint density at radius 3 is 2.65 bits per heavy atom. The first-order valence-corrected chi connectivity index (χ1v) is 7.29. The molecule has 2 heterocycles. The minimum atomic E-state index is 0.651. The van der Waals surface area contributed by atoms with Crippen LogP contribution in [0.3, 0.4) is 0 Å². The summed E-state index contributed by atoms with van der Waals surface area (Å²) in [7, 11) is 0. The topological polar surface area (TPSA) is 42.1 Å². The molecule has 20 heavy (non-hydrogen) atoms. The van der Waals surface area contributed by atoms with Crippen molar-refractivity contribution in [1.29, 1.82) is 0 Å². The van der Waals surface area contributed by atoms with Crippen molar-refractivity contribution in [2.75, 3.05) is 18.8 Å². The number of likely N-dealkylation sites (tertiary alicyclic amines) is 1. The fourth-order valence-corrected chi connectivity index (χ4v) is 2.96. The third-order valence-corrected chi connectivity index (χ3v) is 4.08. The number of hydrogen-bond donors (Lipinski definition) is 1. The largest absolute Gasteiger partial charge is 0.399 e.